The van der Waals surface area contributed by atoms with Crippen molar-refractivity contribution in [2.45, 2.75) is 13.5 Å². The Hall–Kier alpha value is -1.87. The SMILES string of the molecule is Cc1ccccc1C(=O)n1ccc(CN)c1. The van der Waals surface area contributed by atoms with Crippen LogP contribution in [0.1, 0.15) is 21.5 Å². The molecular weight excluding hydrogens is 200 g/mol. The number of aromatic nitrogens is 1. The largest absolute Gasteiger partial charge is 0.326 e. The lowest BCUT2D eigenvalue weighted by molar-refractivity contribution is 0.0959. The minimum absolute atomic E-state index is 0.0159. The second kappa shape index (κ2) is 4.33. The van der Waals surface area contributed by atoms with Gasteiger partial charge in [-0.15, -0.1) is 0 Å². The van der Waals surface area contributed by atoms with E-state index in [2.05, 4.69) is 0 Å². The predicted octanol–water partition coefficient (Wildman–Crippen LogP) is 1.94. The van der Waals surface area contributed by atoms with Gasteiger partial charge >= 0.3 is 0 Å². The predicted molar refractivity (Wildman–Crippen MR) is 63.2 cm³/mol. The van der Waals surface area contributed by atoms with Crippen LogP contribution in [0.3, 0.4) is 0 Å². The standard InChI is InChI=1S/C13H14N2O/c1-10-4-2-3-5-12(10)13(16)15-7-6-11(8-14)9-15/h2-7,9H,8,14H2,1H3. The van der Waals surface area contributed by atoms with E-state index < -0.39 is 0 Å². The van der Waals surface area contributed by atoms with Gasteiger partial charge < -0.3 is 5.73 Å². The van der Waals surface area contributed by atoms with Gasteiger partial charge in [0.15, 0.2) is 0 Å². The summed E-state index contributed by atoms with van der Waals surface area (Å²) in [7, 11) is 0. The normalized spacial score (nSPS) is 10.4. The van der Waals surface area contributed by atoms with E-state index in [0.29, 0.717) is 6.54 Å². The van der Waals surface area contributed by atoms with Crippen molar-refractivity contribution in [3.05, 3.63) is 59.4 Å². The highest BCUT2D eigenvalue weighted by Crippen LogP contribution is 2.10. The molecule has 0 aliphatic rings. The van der Waals surface area contributed by atoms with Crippen LogP contribution >= 0.6 is 0 Å². The van der Waals surface area contributed by atoms with E-state index in [0.717, 1.165) is 16.7 Å². The second-order valence-electron chi connectivity index (χ2n) is 3.75. The van der Waals surface area contributed by atoms with E-state index >= 15 is 0 Å². The molecule has 82 valence electrons. The van der Waals surface area contributed by atoms with Crippen molar-refractivity contribution in [2.24, 2.45) is 5.73 Å². The van der Waals surface area contributed by atoms with E-state index in [1.165, 1.54) is 0 Å². The maximum absolute atomic E-state index is 12.1. The van der Waals surface area contributed by atoms with Crippen LogP contribution in [0.15, 0.2) is 42.7 Å². The van der Waals surface area contributed by atoms with E-state index in [4.69, 9.17) is 5.73 Å². The molecule has 0 spiro atoms. The molecule has 0 saturated carbocycles. The quantitative estimate of drug-likeness (QED) is 0.830. The number of carbonyl (C=O) groups is 1. The van der Waals surface area contributed by atoms with E-state index in [1.807, 2.05) is 37.3 Å². The molecule has 0 amide bonds. The molecule has 2 rings (SSSR count). The third kappa shape index (κ3) is 1.90. The summed E-state index contributed by atoms with van der Waals surface area (Å²) < 4.78 is 1.57. The highest BCUT2D eigenvalue weighted by atomic mass is 16.2. The zero-order valence-corrected chi connectivity index (χ0v) is 9.18. The lowest BCUT2D eigenvalue weighted by Gasteiger charge is -2.04. The molecule has 0 bridgehead atoms. The minimum Gasteiger partial charge on any atom is -0.326 e. The number of hydrogen-bond acceptors (Lipinski definition) is 2. The van der Waals surface area contributed by atoms with Gasteiger partial charge in [-0.3, -0.25) is 9.36 Å². The number of nitrogens with two attached hydrogens (primary N) is 1. The molecule has 3 nitrogen and oxygen atoms in total. The monoisotopic (exact) mass is 214 g/mol. The molecule has 0 radical (unpaired) electrons. The van der Waals surface area contributed by atoms with Gasteiger partial charge in [0.25, 0.3) is 5.91 Å². The molecule has 2 N–H and O–H groups in total. The van der Waals surface area contributed by atoms with Crippen molar-refractivity contribution < 1.29 is 4.79 Å². The number of carbonyl (C=O) groups excluding carboxylic acids is 1. The number of rotatable bonds is 2. The van der Waals surface area contributed by atoms with E-state index in [-0.39, 0.29) is 5.91 Å². The lowest BCUT2D eigenvalue weighted by atomic mass is 10.1. The maximum Gasteiger partial charge on any atom is 0.262 e. The van der Waals surface area contributed by atoms with Crippen LogP contribution < -0.4 is 5.73 Å². The van der Waals surface area contributed by atoms with Gasteiger partial charge in [0.1, 0.15) is 0 Å². The smallest absolute Gasteiger partial charge is 0.262 e. The number of nitrogens with zero attached hydrogens (tertiary/aromatic N) is 1. The van der Waals surface area contributed by atoms with Crippen LogP contribution in [0.25, 0.3) is 0 Å². The summed E-state index contributed by atoms with van der Waals surface area (Å²) in [6, 6.07) is 9.41. The molecule has 0 saturated heterocycles. The molecule has 2 aromatic rings. The minimum atomic E-state index is -0.0159. The molecule has 0 aliphatic heterocycles. The topological polar surface area (TPSA) is 48.0 Å². The van der Waals surface area contributed by atoms with Gasteiger partial charge in [0, 0.05) is 24.5 Å². The average Bonchev–Trinajstić information content (AvgIpc) is 2.77. The Bertz CT molecular complexity index is 514. The van der Waals surface area contributed by atoms with Gasteiger partial charge in [0.2, 0.25) is 0 Å². The summed E-state index contributed by atoms with van der Waals surface area (Å²) in [4.78, 5) is 12.1. The summed E-state index contributed by atoms with van der Waals surface area (Å²) in [6.07, 6.45) is 3.52. The van der Waals surface area contributed by atoms with Crippen LogP contribution in [-0.2, 0) is 6.54 Å². The van der Waals surface area contributed by atoms with Gasteiger partial charge in [-0.2, -0.15) is 0 Å². The number of aryl methyl sites for hydroxylation is 1. The van der Waals surface area contributed by atoms with E-state index in [9.17, 15) is 4.79 Å². The third-order valence-electron chi connectivity index (χ3n) is 2.60. The zero-order chi connectivity index (χ0) is 11.5. The Balaban J connectivity index is 2.35. The van der Waals surface area contributed by atoms with Gasteiger partial charge in [-0.25, -0.2) is 0 Å². The zero-order valence-electron chi connectivity index (χ0n) is 9.18. The Kier molecular flexibility index (Phi) is 2.88. The summed E-state index contributed by atoms with van der Waals surface area (Å²) in [5, 5.41) is 0. The average molecular weight is 214 g/mol. The van der Waals surface area contributed by atoms with Gasteiger partial charge in [-0.1, -0.05) is 18.2 Å². The molecule has 0 aliphatic carbocycles. The van der Waals surface area contributed by atoms with Crippen molar-refractivity contribution in [1.82, 2.24) is 4.57 Å². The third-order valence-corrected chi connectivity index (χ3v) is 2.60. The Morgan fingerprint density at radius 1 is 1.31 bits per heavy atom. The van der Waals surface area contributed by atoms with Gasteiger partial charge in [0.05, 0.1) is 0 Å². The molecule has 1 aromatic heterocycles. The van der Waals surface area contributed by atoms with Crippen molar-refractivity contribution >= 4 is 5.91 Å². The van der Waals surface area contributed by atoms with Crippen LogP contribution in [0.5, 0.6) is 0 Å². The summed E-state index contributed by atoms with van der Waals surface area (Å²) in [5.74, 6) is -0.0159. The molecule has 1 heterocycles. The lowest BCUT2D eigenvalue weighted by Crippen LogP contribution is -2.11. The molecular formula is C13H14N2O. The summed E-state index contributed by atoms with van der Waals surface area (Å²) >= 11 is 0. The van der Waals surface area contributed by atoms with E-state index in [1.54, 1.807) is 17.0 Å². The van der Waals surface area contributed by atoms with Crippen molar-refractivity contribution in [3.8, 4) is 0 Å². The Morgan fingerprint density at radius 3 is 2.69 bits per heavy atom. The first-order valence-corrected chi connectivity index (χ1v) is 5.19. The fraction of sp³-hybridized carbons (Fsp3) is 0.154. The van der Waals surface area contributed by atoms with Crippen molar-refractivity contribution in [1.29, 1.82) is 0 Å². The fourth-order valence-corrected chi connectivity index (χ4v) is 1.64. The first-order valence-electron chi connectivity index (χ1n) is 5.19. The second-order valence-corrected chi connectivity index (χ2v) is 3.75. The van der Waals surface area contributed by atoms with Crippen LogP contribution in [-0.4, -0.2) is 10.5 Å². The molecule has 1 aromatic carbocycles. The first-order chi connectivity index (χ1) is 7.72. The maximum atomic E-state index is 12.1. The summed E-state index contributed by atoms with van der Waals surface area (Å²) in [6.45, 7) is 2.38. The summed E-state index contributed by atoms with van der Waals surface area (Å²) in [5.41, 5.74) is 8.17. The number of hydrogen-bond donors (Lipinski definition) is 1. The molecule has 0 fully saturated rings. The highest BCUT2D eigenvalue weighted by molar-refractivity contribution is 5.97. The molecule has 3 heteroatoms. The Morgan fingerprint density at radius 2 is 2.06 bits per heavy atom. The first kappa shape index (κ1) is 10.6. The Labute approximate surface area is 94.5 Å². The van der Waals surface area contributed by atoms with Crippen molar-refractivity contribution in [2.75, 3.05) is 0 Å². The van der Waals surface area contributed by atoms with Crippen LogP contribution in [0.4, 0.5) is 0 Å². The van der Waals surface area contributed by atoms with Crippen LogP contribution in [0, 0.1) is 6.92 Å². The van der Waals surface area contributed by atoms with Crippen molar-refractivity contribution in [3.63, 3.8) is 0 Å². The molecule has 0 unspecified atom stereocenters. The number of benzene rings is 1. The van der Waals surface area contributed by atoms with Crippen LogP contribution in [0.2, 0.25) is 0 Å². The molecule has 0 atom stereocenters. The molecule has 16 heavy (non-hydrogen) atoms. The highest BCUT2D eigenvalue weighted by Gasteiger charge is 2.10. The fourth-order valence-electron chi connectivity index (χ4n) is 1.64. The van der Waals surface area contributed by atoms with Gasteiger partial charge in [-0.05, 0) is 30.2 Å².